The van der Waals surface area contributed by atoms with Gasteiger partial charge in [0.2, 0.25) is 5.91 Å². The molecule has 0 bridgehead atoms. The Labute approximate surface area is 196 Å². The van der Waals surface area contributed by atoms with Crippen LogP contribution in [0.2, 0.25) is 0 Å². The molecule has 1 aromatic rings. The molecule has 1 amide bonds. The van der Waals surface area contributed by atoms with E-state index in [-0.39, 0.29) is 12.3 Å². The molecule has 0 aliphatic rings. The molecule has 0 fully saturated rings. The summed E-state index contributed by atoms with van der Waals surface area (Å²) in [5, 5.41) is 3.44. The molecule has 5 nitrogen and oxygen atoms in total. The highest BCUT2D eigenvalue weighted by Crippen LogP contribution is 2.28. The van der Waals surface area contributed by atoms with Crippen molar-refractivity contribution in [2.45, 2.75) is 90.4 Å². The van der Waals surface area contributed by atoms with Crippen LogP contribution in [0, 0.1) is 0 Å². The van der Waals surface area contributed by atoms with Crippen molar-refractivity contribution in [1.82, 2.24) is 5.32 Å². The third-order valence-corrected chi connectivity index (χ3v) is 5.51. The summed E-state index contributed by atoms with van der Waals surface area (Å²) in [5.74, 6) is 0.964. The van der Waals surface area contributed by atoms with Crippen LogP contribution in [-0.2, 0) is 11.2 Å². The molecule has 0 aliphatic heterocycles. The van der Waals surface area contributed by atoms with Gasteiger partial charge in [0.25, 0.3) is 0 Å². The molecule has 0 unspecified atom stereocenters. The molecule has 0 heterocycles. The van der Waals surface area contributed by atoms with Crippen LogP contribution in [0.5, 0.6) is 11.5 Å². The molecule has 1 aromatic carbocycles. The van der Waals surface area contributed by atoms with Crippen LogP contribution in [0.25, 0.3) is 0 Å². The number of unbranched alkanes of at least 4 members (excludes halogenated alkanes) is 10. The zero-order valence-electron chi connectivity index (χ0n) is 20.5. The first-order valence-corrected chi connectivity index (χ1v) is 12.6. The van der Waals surface area contributed by atoms with Crippen molar-refractivity contribution in [1.29, 1.82) is 0 Å². The van der Waals surface area contributed by atoms with Gasteiger partial charge in [-0.3, -0.25) is 4.79 Å². The van der Waals surface area contributed by atoms with Crippen molar-refractivity contribution in [2.24, 2.45) is 5.73 Å². The number of carbonyl (C=O) groups excluding carboxylic acids is 1. The van der Waals surface area contributed by atoms with Gasteiger partial charge in [0.15, 0.2) is 11.5 Å². The number of primary amides is 1. The first kappa shape index (κ1) is 28.0. The Morgan fingerprint density at radius 3 is 2.22 bits per heavy atom. The van der Waals surface area contributed by atoms with Crippen molar-refractivity contribution in [2.75, 3.05) is 26.8 Å². The van der Waals surface area contributed by atoms with Gasteiger partial charge >= 0.3 is 0 Å². The summed E-state index contributed by atoms with van der Waals surface area (Å²) in [5.41, 5.74) is 6.07. The van der Waals surface area contributed by atoms with E-state index in [4.69, 9.17) is 15.2 Å². The van der Waals surface area contributed by atoms with Crippen LogP contribution in [0.15, 0.2) is 30.4 Å². The second kappa shape index (κ2) is 19.7. The van der Waals surface area contributed by atoms with Crippen molar-refractivity contribution >= 4 is 5.91 Å². The third-order valence-electron chi connectivity index (χ3n) is 5.51. The summed E-state index contributed by atoms with van der Waals surface area (Å²) < 4.78 is 11.2. The summed E-state index contributed by atoms with van der Waals surface area (Å²) in [4.78, 5) is 11.0. The summed E-state index contributed by atoms with van der Waals surface area (Å²) in [7, 11) is 1.60. The molecule has 0 saturated carbocycles. The molecule has 0 atom stereocenters. The van der Waals surface area contributed by atoms with Crippen LogP contribution in [-0.4, -0.2) is 32.7 Å². The van der Waals surface area contributed by atoms with E-state index in [2.05, 4.69) is 24.4 Å². The highest BCUT2D eigenvalue weighted by atomic mass is 16.5. The molecule has 0 saturated heterocycles. The van der Waals surface area contributed by atoms with E-state index in [0.717, 1.165) is 18.7 Å². The number of carbonyl (C=O) groups is 1. The lowest BCUT2D eigenvalue weighted by molar-refractivity contribution is -0.117. The maximum absolute atomic E-state index is 11.0. The Bertz CT molecular complexity index is 631. The molecule has 32 heavy (non-hydrogen) atoms. The van der Waals surface area contributed by atoms with Gasteiger partial charge in [0.1, 0.15) is 6.61 Å². The molecule has 182 valence electrons. The molecule has 0 radical (unpaired) electrons. The van der Waals surface area contributed by atoms with Crippen LogP contribution in [0.4, 0.5) is 0 Å². The minimum Gasteiger partial charge on any atom is -0.493 e. The summed E-state index contributed by atoms with van der Waals surface area (Å²) >= 11 is 0. The standard InChI is InChI=1S/C27H46N2O3/c1-3-4-5-6-7-8-9-10-11-12-13-14-15-16-19-29-20-21-32-25-18-17-24(23-27(28)30)22-26(25)31-2/h8-9,17-18,22,29H,3-7,10-16,19-21,23H2,1-2H3,(H2,28,30)/b9-8-. The predicted molar refractivity (Wildman–Crippen MR) is 134 cm³/mol. The van der Waals surface area contributed by atoms with Gasteiger partial charge in [0.05, 0.1) is 13.5 Å². The van der Waals surface area contributed by atoms with E-state index >= 15 is 0 Å². The van der Waals surface area contributed by atoms with E-state index in [1.807, 2.05) is 12.1 Å². The maximum Gasteiger partial charge on any atom is 0.221 e. The lowest BCUT2D eigenvalue weighted by Crippen LogP contribution is -2.22. The van der Waals surface area contributed by atoms with Crippen LogP contribution in [0.1, 0.15) is 89.5 Å². The number of nitrogens with one attached hydrogen (secondary N) is 1. The average molecular weight is 447 g/mol. The second-order valence-electron chi connectivity index (χ2n) is 8.46. The van der Waals surface area contributed by atoms with Crippen LogP contribution < -0.4 is 20.5 Å². The van der Waals surface area contributed by atoms with Gasteiger partial charge in [-0.25, -0.2) is 0 Å². The van der Waals surface area contributed by atoms with Crippen LogP contribution in [0.3, 0.4) is 0 Å². The van der Waals surface area contributed by atoms with E-state index in [1.54, 1.807) is 13.2 Å². The van der Waals surface area contributed by atoms with E-state index in [1.165, 1.54) is 77.0 Å². The number of allylic oxidation sites excluding steroid dienone is 2. The van der Waals surface area contributed by atoms with Gasteiger partial charge in [-0.2, -0.15) is 0 Å². The Morgan fingerprint density at radius 1 is 0.906 bits per heavy atom. The Kier molecular flexibility index (Phi) is 17.2. The molecule has 3 N–H and O–H groups in total. The molecule has 0 aromatic heterocycles. The fourth-order valence-corrected chi connectivity index (χ4v) is 3.64. The number of nitrogens with two attached hydrogens (primary N) is 1. The van der Waals surface area contributed by atoms with Gasteiger partial charge in [0, 0.05) is 6.54 Å². The number of methoxy groups -OCH3 is 1. The largest absolute Gasteiger partial charge is 0.493 e. The van der Waals surface area contributed by atoms with Crippen LogP contribution >= 0.6 is 0 Å². The quantitative estimate of drug-likeness (QED) is 0.181. The van der Waals surface area contributed by atoms with E-state index < -0.39 is 0 Å². The average Bonchev–Trinajstić information content (AvgIpc) is 2.78. The van der Waals surface area contributed by atoms with Gasteiger partial charge in [-0.1, -0.05) is 70.1 Å². The van der Waals surface area contributed by atoms with E-state index in [0.29, 0.717) is 18.1 Å². The van der Waals surface area contributed by atoms with Gasteiger partial charge in [-0.15, -0.1) is 0 Å². The lowest BCUT2D eigenvalue weighted by Gasteiger charge is -2.12. The lowest BCUT2D eigenvalue weighted by atomic mass is 10.1. The summed E-state index contributed by atoms with van der Waals surface area (Å²) in [6.07, 6.45) is 20.7. The summed E-state index contributed by atoms with van der Waals surface area (Å²) in [6.45, 7) is 4.67. The minimum absolute atomic E-state index is 0.203. The van der Waals surface area contributed by atoms with Gasteiger partial charge in [-0.05, 0) is 56.3 Å². The normalized spacial score (nSPS) is 11.2. The van der Waals surface area contributed by atoms with E-state index in [9.17, 15) is 4.79 Å². The fraction of sp³-hybridized carbons (Fsp3) is 0.667. The van der Waals surface area contributed by atoms with Gasteiger partial charge < -0.3 is 20.5 Å². The van der Waals surface area contributed by atoms with Crippen molar-refractivity contribution in [3.63, 3.8) is 0 Å². The molecule has 0 spiro atoms. The molecular formula is C27H46N2O3. The monoisotopic (exact) mass is 446 g/mol. The predicted octanol–water partition coefficient (Wildman–Crippen LogP) is 5.95. The Hall–Kier alpha value is -2.01. The van der Waals surface area contributed by atoms with Crippen molar-refractivity contribution in [3.05, 3.63) is 35.9 Å². The number of hydrogen-bond acceptors (Lipinski definition) is 4. The first-order chi connectivity index (χ1) is 15.7. The SMILES string of the molecule is CCCCCC/C=C\CCCCCCCCNCCOc1ccc(CC(N)=O)cc1OC. The number of hydrogen-bond donors (Lipinski definition) is 2. The third kappa shape index (κ3) is 14.9. The second-order valence-corrected chi connectivity index (χ2v) is 8.46. The molecular weight excluding hydrogens is 400 g/mol. The fourth-order valence-electron chi connectivity index (χ4n) is 3.64. The molecule has 0 aliphatic carbocycles. The van der Waals surface area contributed by atoms with Crippen molar-refractivity contribution < 1.29 is 14.3 Å². The molecule has 1 rings (SSSR count). The number of benzene rings is 1. The minimum atomic E-state index is -0.356. The van der Waals surface area contributed by atoms with Crippen molar-refractivity contribution in [3.8, 4) is 11.5 Å². The zero-order valence-corrected chi connectivity index (χ0v) is 20.5. The first-order valence-electron chi connectivity index (χ1n) is 12.6. The highest BCUT2D eigenvalue weighted by molar-refractivity contribution is 5.76. The number of amides is 1. The number of rotatable bonds is 21. The zero-order chi connectivity index (χ0) is 23.3. The molecule has 5 heteroatoms. The summed E-state index contributed by atoms with van der Waals surface area (Å²) in [6, 6.07) is 5.49. The number of ether oxygens (including phenoxy) is 2. The smallest absolute Gasteiger partial charge is 0.221 e. The topological polar surface area (TPSA) is 73.6 Å². The maximum atomic E-state index is 11.0. The Morgan fingerprint density at radius 2 is 1.56 bits per heavy atom. The Balaban J connectivity index is 1.94. The highest BCUT2D eigenvalue weighted by Gasteiger charge is 2.07.